The largest absolute Gasteiger partial charge is 0.388 e. The zero-order valence-electron chi connectivity index (χ0n) is 9.95. The molecule has 0 radical (unpaired) electrons. The quantitative estimate of drug-likeness (QED) is 0.845. The van der Waals surface area contributed by atoms with E-state index >= 15 is 0 Å². The van der Waals surface area contributed by atoms with Crippen LogP contribution >= 0.6 is 11.8 Å². The van der Waals surface area contributed by atoms with Crippen LogP contribution < -0.4 is 0 Å². The van der Waals surface area contributed by atoms with E-state index < -0.39 is 0 Å². The van der Waals surface area contributed by atoms with Gasteiger partial charge in [-0.05, 0) is 30.2 Å². The van der Waals surface area contributed by atoms with E-state index in [0.717, 1.165) is 11.3 Å². The van der Waals surface area contributed by atoms with E-state index in [-0.39, 0.29) is 6.10 Å². The Bertz CT molecular complexity index is 320. The van der Waals surface area contributed by atoms with Gasteiger partial charge in [0.1, 0.15) is 0 Å². The van der Waals surface area contributed by atoms with Gasteiger partial charge in [0.05, 0.1) is 6.10 Å². The van der Waals surface area contributed by atoms with E-state index in [1.54, 1.807) is 11.8 Å². The Kier molecular flexibility index (Phi) is 4.68. The molecule has 0 aliphatic heterocycles. The minimum Gasteiger partial charge on any atom is -0.388 e. The van der Waals surface area contributed by atoms with Gasteiger partial charge in [-0.25, -0.2) is 0 Å². The van der Waals surface area contributed by atoms with Crippen molar-refractivity contribution >= 4 is 11.8 Å². The molecule has 15 heavy (non-hydrogen) atoms. The van der Waals surface area contributed by atoms with Crippen LogP contribution in [-0.2, 0) is 0 Å². The molecule has 1 atom stereocenters. The highest BCUT2D eigenvalue weighted by molar-refractivity contribution is 7.99. The minimum absolute atomic E-state index is 0.336. The summed E-state index contributed by atoms with van der Waals surface area (Å²) in [6.07, 6.45) is -0.336. The molecule has 0 aliphatic carbocycles. The summed E-state index contributed by atoms with van der Waals surface area (Å²) in [5, 5.41) is 10.6. The summed E-state index contributed by atoms with van der Waals surface area (Å²) in [5.41, 5.74) is 3.46. The summed E-state index contributed by atoms with van der Waals surface area (Å²) in [6, 6.07) is 6.25. The van der Waals surface area contributed by atoms with E-state index in [0.29, 0.717) is 5.25 Å². The Morgan fingerprint density at radius 2 is 1.93 bits per heavy atom. The fourth-order valence-electron chi connectivity index (χ4n) is 1.49. The molecule has 0 saturated heterocycles. The molecule has 1 nitrogen and oxygen atoms in total. The molecule has 1 aromatic rings. The van der Waals surface area contributed by atoms with Gasteiger partial charge in [0, 0.05) is 5.75 Å². The fraction of sp³-hybridized carbons (Fsp3) is 0.538. The SMILES string of the molecule is Cc1ccc(C)c(C(O)CSC(C)C)c1. The molecule has 1 N–H and O–H groups in total. The lowest BCUT2D eigenvalue weighted by atomic mass is 10.0. The zero-order chi connectivity index (χ0) is 11.4. The van der Waals surface area contributed by atoms with Gasteiger partial charge in [-0.15, -0.1) is 0 Å². The zero-order valence-corrected chi connectivity index (χ0v) is 10.8. The van der Waals surface area contributed by atoms with Crippen molar-refractivity contribution in [2.24, 2.45) is 0 Å². The monoisotopic (exact) mass is 224 g/mol. The van der Waals surface area contributed by atoms with Gasteiger partial charge in [-0.1, -0.05) is 37.6 Å². The number of benzene rings is 1. The molecule has 1 unspecified atom stereocenters. The Morgan fingerprint density at radius 3 is 2.53 bits per heavy atom. The van der Waals surface area contributed by atoms with Gasteiger partial charge < -0.3 is 5.11 Å². The van der Waals surface area contributed by atoms with Crippen LogP contribution in [0.5, 0.6) is 0 Å². The molecule has 2 heteroatoms. The minimum atomic E-state index is -0.336. The van der Waals surface area contributed by atoms with Crippen molar-refractivity contribution < 1.29 is 5.11 Å². The van der Waals surface area contributed by atoms with Crippen LogP contribution in [0.15, 0.2) is 18.2 Å². The van der Waals surface area contributed by atoms with E-state index in [9.17, 15) is 5.11 Å². The Labute approximate surface area is 96.9 Å². The number of aliphatic hydroxyl groups excluding tert-OH is 1. The van der Waals surface area contributed by atoms with E-state index in [1.165, 1.54) is 11.1 Å². The van der Waals surface area contributed by atoms with Crippen molar-refractivity contribution in [1.82, 2.24) is 0 Å². The van der Waals surface area contributed by atoms with Crippen molar-refractivity contribution in [3.05, 3.63) is 34.9 Å². The fourth-order valence-corrected chi connectivity index (χ4v) is 2.24. The highest BCUT2D eigenvalue weighted by atomic mass is 32.2. The Morgan fingerprint density at radius 1 is 1.27 bits per heavy atom. The molecular formula is C13H20OS. The molecule has 0 aliphatic rings. The lowest BCUT2D eigenvalue weighted by molar-refractivity contribution is 0.203. The smallest absolute Gasteiger partial charge is 0.0883 e. The van der Waals surface area contributed by atoms with Crippen LogP contribution in [0.4, 0.5) is 0 Å². The van der Waals surface area contributed by atoms with Crippen molar-refractivity contribution in [3.8, 4) is 0 Å². The number of thioether (sulfide) groups is 1. The molecular weight excluding hydrogens is 204 g/mol. The molecule has 0 aromatic heterocycles. The van der Waals surface area contributed by atoms with Gasteiger partial charge in [-0.2, -0.15) is 11.8 Å². The van der Waals surface area contributed by atoms with Crippen LogP contribution in [0.2, 0.25) is 0 Å². The Balaban J connectivity index is 2.72. The van der Waals surface area contributed by atoms with Gasteiger partial charge >= 0.3 is 0 Å². The van der Waals surface area contributed by atoms with Crippen molar-refractivity contribution in [2.45, 2.75) is 39.0 Å². The average molecular weight is 224 g/mol. The second kappa shape index (κ2) is 5.57. The Hall–Kier alpha value is -0.470. The maximum Gasteiger partial charge on any atom is 0.0883 e. The van der Waals surface area contributed by atoms with Crippen LogP contribution in [-0.4, -0.2) is 16.1 Å². The molecule has 1 rings (SSSR count). The maximum absolute atomic E-state index is 10.1. The average Bonchev–Trinajstić information content (AvgIpc) is 2.18. The predicted octanol–water partition coefficient (Wildman–Crippen LogP) is 3.48. The van der Waals surface area contributed by atoms with Gasteiger partial charge in [0.2, 0.25) is 0 Å². The highest BCUT2D eigenvalue weighted by Gasteiger charge is 2.11. The molecule has 0 fully saturated rings. The summed E-state index contributed by atoms with van der Waals surface area (Å²) in [6.45, 7) is 8.42. The van der Waals surface area contributed by atoms with Gasteiger partial charge in [0.15, 0.2) is 0 Å². The third-order valence-electron chi connectivity index (χ3n) is 2.38. The van der Waals surface area contributed by atoms with Crippen LogP contribution in [0.25, 0.3) is 0 Å². The maximum atomic E-state index is 10.1. The van der Waals surface area contributed by atoms with Crippen LogP contribution in [0.3, 0.4) is 0 Å². The summed E-state index contributed by atoms with van der Waals surface area (Å²) in [5.74, 6) is 0.780. The third-order valence-corrected chi connectivity index (χ3v) is 3.56. The summed E-state index contributed by atoms with van der Waals surface area (Å²) in [7, 11) is 0. The van der Waals surface area contributed by atoms with Crippen LogP contribution in [0, 0.1) is 13.8 Å². The summed E-state index contributed by atoms with van der Waals surface area (Å²) in [4.78, 5) is 0. The van der Waals surface area contributed by atoms with Crippen molar-refractivity contribution in [3.63, 3.8) is 0 Å². The molecule has 0 heterocycles. The van der Waals surface area contributed by atoms with Gasteiger partial charge in [-0.3, -0.25) is 0 Å². The molecule has 0 amide bonds. The first-order valence-electron chi connectivity index (χ1n) is 5.37. The number of aryl methyl sites for hydroxylation is 2. The molecule has 0 saturated carbocycles. The van der Waals surface area contributed by atoms with E-state index in [2.05, 4.69) is 45.9 Å². The second-order valence-corrected chi connectivity index (χ2v) is 5.87. The molecule has 0 spiro atoms. The first-order chi connectivity index (χ1) is 7.00. The first-order valence-corrected chi connectivity index (χ1v) is 6.42. The summed E-state index contributed by atoms with van der Waals surface area (Å²) >= 11 is 1.80. The number of aliphatic hydroxyl groups is 1. The molecule has 84 valence electrons. The third kappa shape index (κ3) is 3.88. The second-order valence-electron chi connectivity index (χ2n) is 4.26. The first kappa shape index (κ1) is 12.6. The lowest BCUT2D eigenvalue weighted by Crippen LogP contribution is -2.05. The molecule has 1 aromatic carbocycles. The van der Waals surface area contributed by atoms with Crippen LogP contribution in [0.1, 0.15) is 36.6 Å². The number of rotatable bonds is 4. The number of hydrogen-bond acceptors (Lipinski definition) is 2. The topological polar surface area (TPSA) is 20.2 Å². The molecule has 0 bridgehead atoms. The number of hydrogen-bond donors (Lipinski definition) is 1. The predicted molar refractivity (Wildman–Crippen MR) is 68.5 cm³/mol. The summed E-state index contributed by atoms with van der Waals surface area (Å²) < 4.78 is 0. The van der Waals surface area contributed by atoms with Crippen molar-refractivity contribution in [1.29, 1.82) is 0 Å². The van der Waals surface area contributed by atoms with E-state index in [4.69, 9.17) is 0 Å². The van der Waals surface area contributed by atoms with Crippen molar-refractivity contribution in [2.75, 3.05) is 5.75 Å². The van der Waals surface area contributed by atoms with E-state index in [1.807, 2.05) is 0 Å². The normalized spacial score (nSPS) is 13.2. The lowest BCUT2D eigenvalue weighted by Gasteiger charge is -2.15. The highest BCUT2D eigenvalue weighted by Crippen LogP contribution is 2.24. The van der Waals surface area contributed by atoms with Gasteiger partial charge in [0.25, 0.3) is 0 Å². The standard InChI is InChI=1S/C13H20OS/c1-9(2)15-8-13(14)12-7-10(3)5-6-11(12)4/h5-7,9,13-14H,8H2,1-4H3.